The minimum atomic E-state index is -0.524. The van der Waals surface area contributed by atoms with E-state index >= 15 is 0 Å². The Morgan fingerprint density at radius 3 is 2.66 bits per heavy atom. The molecule has 2 aromatic carbocycles. The van der Waals surface area contributed by atoms with Gasteiger partial charge < -0.3 is 19.9 Å². The van der Waals surface area contributed by atoms with E-state index in [2.05, 4.69) is 9.97 Å². The summed E-state index contributed by atoms with van der Waals surface area (Å²) < 4.78 is 21.9. The lowest BCUT2D eigenvalue weighted by Crippen LogP contribution is -2.39. The summed E-state index contributed by atoms with van der Waals surface area (Å²) in [5.74, 6) is 0.520. The number of nitrogens with zero attached hydrogens (tertiary/aromatic N) is 5. The number of amides is 2. The van der Waals surface area contributed by atoms with Crippen molar-refractivity contribution < 1.29 is 18.7 Å². The Hall–Kier alpha value is -4.43. The van der Waals surface area contributed by atoms with Crippen molar-refractivity contribution in [2.75, 3.05) is 25.1 Å². The van der Waals surface area contributed by atoms with Crippen molar-refractivity contribution in [3.8, 4) is 11.9 Å². The molecule has 5 rings (SSSR count). The molecule has 4 aromatic rings. The van der Waals surface area contributed by atoms with Gasteiger partial charge in [-0.25, -0.2) is 14.4 Å². The third-order valence-electron chi connectivity index (χ3n) is 7.25. The predicted molar refractivity (Wildman–Crippen MR) is 154 cm³/mol. The first-order valence-corrected chi connectivity index (χ1v) is 14.6. The number of carbonyl (C=O) groups excluding carboxylic acids is 2. The Kier molecular flexibility index (Phi) is 8.50. The molecule has 1 aliphatic heterocycles. The highest BCUT2D eigenvalue weighted by Gasteiger charge is 2.29. The number of halogens is 1. The number of fused-ring (bicyclic) bond motifs is 1. The predicted octanol–water partition coefficient (Wildman–Crippen LogP) is 4.50. The smallest absolute Gasteiger partial charge is 0.289 e. The number of piperidine rings is 1. The normalized spacial score (nSPS) is 13.7. The van der Waals surface area contributed by atoms with Gasteiger partial charge in [0.25, 0.3) is 5.91 Å². The van der Waals surface area contributed by atoms with Crippen LogP contribution in [-0.2, 0) is 13.2 Å². The Balaban J connectivity index is 1.26. The van der Waals surface area contributed by atoms with Crippen LogP contribution in [0.1, 0.15) is 56.6 Å². The van der Waals surface area contributed by atoms with Crippen LogP contribution in [0.15, 0.2) is 54.6 Å². The molecule has 0 atom stereocenters. The molecule has 0 unspecified atom stereocenters. The maximum atomic E-state index is 14.2. The summed E-state index contributed by atoms with van der Waals surface area (Å²) in [7, 11) is 0. The van der Waals surface area contributed by atoms with Crippen LogP contribution in [0.25, 0.3) is 11.0 Å². The van der Waals surface area contributed by atoms with E-state index in [0.29, 0.717) is 48.0 Å². The third-order valence-corrected chi connectivity index (χ3v) is 7.84. The minimum absolute atomic E-state index is 0.000581. The number of thioether (sulfide) groups is 1. The topological polar surface area (TPSA) is 127 Å². The van der Waals surface area contributed by atoms with E-state index in [1.807, 2.05) is 33.9 Å². The molecule has 0 aliphatic carbocycles. The number of pyridine rings is 1. The number of aromatic nitrogens is 3. The molecule has 2 amide bonds. The number of aryl methyl sites for hydroxylation is 1. The first kappa shape index (κ1) is 28.1. The molecule has 9 nitrogen and oxygen atoms in total. The number of benzene rings is 2. The van der Waals surface area contributed by atoms with Gasteiger partial charge in [0.05, 0.1) is 22.7 Å². The van der Waals surface area contributed by atoms with Crippen LogP contribution >= 0.6 is 11.8 Å². The monoisotopic (exact) mass is 572 g/mol. The molecule has 0 bridgehead atoms. The van der Waals surface area contributed by atoms with Gasteiger partial charge in [-0.1, -0.05) is 12.1 Å². The van der Waals surface area contributed by atoms with Crippen LogP contribution in [-0.4, -0.2) is 56.3 Å². The Morgan fingerprint density at radius 1 is 1.15 bits per heavy atom. The fourth-order valence-electron chi connectivity index (χ4n) is 4.99. The summed E-state index contributed by atoms with van der Waals surface area (Å²) in [6, 6.07) is 16.8. The lowest BCUT2D eigenvalue weighted by atomic mass is 9.93. The zero-order chi connectivity index (χ0) is 28.9. The molecule has 1 saturated heterocycles. The highest BCUT2D eigenvalue weighted by Crippen LogP contribution is 2.29. The van der Waals surface area contributed by atoms with Crippen LogP contribution in [0.5, 0.6) is 5.88 Å². The zero-order valence-electron chi connectivity index (χ0n) is 22.5. The van der Waals surface area contributed by atoms with Crippen LogP contribution in [0, 0.1) is 17.1 Å². The van der Waals surface area contributed by atoms with Gasteiger partial charge in [-0.15, -0.1) is 0 Å². The van der Waals surface area contributed by atoms with E-state index in [-0.39, 0.29) is 24.0 Å². The Bertz CT molecular complexity index is 1640. The van der Waals surface area contributed by atoms with Crippen molar-refractivity contribution in [3.63, 3.8) is 0 Å². The van der Waals surface area contributed by atoms with Gasteiger partial charge in [-0.05, 0) is 55.5 Å². The quantitative estimate of drug-likeness (QED) is 0.313. The molecular formula is C30H29FN6O3S. The van der Waals surface area contributed by atoms with Crippen molar-refractivity contribution in [2.24, 2.45) is 5.73 Å². The number of nitriles is 1. The average molecular weight is 573 g/mol. The molecule has 41 heavy (non-hydrogen) atoms. The van der Waals surface area contributed by atoms with Gasteiger partial charge in [0, 0.05) is 54.2 Å². The summed E-state index contributed by atoms with van der Waals surface area (Å²) in [6.07, 6.45) is 3.45. The van der Waals surface area contributed by atoms with E-state index in [0.717, 1.165) is 29.8 Å². The van der Waals surface area contributed by atoms with E-state index in [9.17, 15) is 14.0 Å². The highest BCUT2D eigenvalue weighted by molar-refractivity contribution is 7.98. The average Bonchev–Trinajstić information content (AvgIpc) is 3.36. The molecule has 2 aromatic heterocycles. The van der Waals surface area contributed by atoms with Gasteiger partial charge in [0.1, 0.15) is 12.4 Å². The maximum absolute atomic E-state index is 14.2. The standard InChI is InChI=1S/C30H29FN6O3S/c1-41-14-13-37-26-16-21(28(33)38)7-8-25(26)35-29(37)30(39)36-11-9-20(10-12-36)24-3-2-4-27(34-24)40-18-22-6-5-19(17-32)15-23(22)31/h2-8,15-16,20H,9-14,18H2,1H3,(H2,33,38). The van der Waals surface area contributed by atoms with Crippen LogP contribution in [0.3, 0.4) is 0 Å². The fraction of sp³-hybridized carbons (Fsp3) is 0.300. The van der Waals surface area contributed by atoms with Crippen molar-refractivity contribution in [2.45, 2.75) is 31.9 Å². The summed E-state index contributed by atoms with van der Waals surface area (Å²) >= 11 is 1.67. The van der Waals surface area contributed by atoms with E-state index in [4.69, 9.17) is 15.7 Å². The SMILES string of the molecule is CSCCn1c(C(=O)N2CCC(c3cccc(OCc4ccc(C#N)cc4F)n3)CC2)nc2ccc(C(N)=O)cc21. The number of rotatable bonds is 9. The number of hydrogen-bond acceptors (Lipinski definition) is 7. The van der Waals surface area contributed by atoms with E-state index < -0.39 is 11.7 Å². The highest BCUT2D eigenvalue weighted by atomic mass is 32.2. The largest absolute Gasteiger partial charge is 0.473 e. The number of nitrogens with two attached hydrogens (primary N) is 1. The molecule has 1 fully saturated rings. The van der Waals surface area contributed by atoms with Crippen molar-refractivity contribution in [1.82, 2.24) is 19.4 Å². The Labute approximate surface area is 241 Å². The molecule has 3 heterocycles. The van der Waals surface area contributed by atoms with Gasteiger partial charge in [0.15, 0.2) is 5.82 Å². The summed E-state index contributed by atoms with van der Waals surface area (Å²) in [5.41, 5.74) is 8.69. The molecule has 2 N–H and O–H groups in total. The summed E-state index contributed by atoms with van der Waals surface area (Å²) in [6.45, 7) is 1.68. The summed E-state index contributed by atoms with van der Waals surface area (Å²) in [5, 5.41) is 8.92. The minimum Gasteiger partial charge on any atom is -0.473 e. The second-order valence-electron chi connectivity index (χ2n) is 9.82. The molecule has 11 heteroatoms. The molecule has 210 valence electrons. The van der Waals surface area contributed by atoms with Crippen molar-refractivity contribution in [3.05, 3.63) is 88.6 Å². The second-order valence-corrected chi connectivity index (χ2v) is 10.8. The molecule has 1 aliphatic rings. The molecule has 0 spiro atoms. The third kappa shape index (κ3) is 6.18. The first-order valence-electron chi connectivity index (χ1n) is 13.2. The van der Waals surface area contributed by atoms with Gasteiger partial charge >= 0.3 is 0 Å². The second kappa shape index (κ2) is 12.4. The molecule has 0 radical (unpaired) electrons. The number of carbonyl (C=O) groups is 2. The van der Waals surface area contributed by atoms with Crippen LogP contribution in [0.2, 0.25) is 0 Å². The van der Waals surface area contributed by atoms with E-state index in [1.165, 1.54) is 12.1 Å². The van der Waals surface area contributed by atoms with Crippen LogP contribution < -0.4 is 10.5 Å². The fourth-order valence-corrected chi connectivity index (χ4v) is 5.36. The molecule has 0 saturated carbocycles. The lowest BCUT2D eigenvalue weighted by molar-refractivity contribution is 0.0695. The van der Waals surface area contributed by atoms with Crippen molar-refractivity contribution >= 4 is 34.6 Å². The van der Waals surface area contributed by atoms with E-state index in [1.54, 1.807) is 42.1 Å². The zero-order valence-corrected chi connectivity index (χ0v) is 23.4. The van der Waals surface area contributed by atoms with Crippen molar-refractivity contribution in [1.29, 1.82) is 5.26 Å². The maximum Gasteiger partial charge on any atom is 0.289 e. The summed E-state index contributed by atoms with van der Waals surface area (Å²) in [4.78, 5) is 36.4. The van der Waals surface area contributed by atoms with Gasteiger partial charge in [-0.3, -0.25) is 9.59 Å². The molecular weight excluding hydrogens is 543 g/mol. The number of primary amides is 1. The number of imidazole rings is 1. The van der Waals surface area contributed by atoms with Gasteiger partial charge in [0.2, 0.25) is 11.8 Å². The van der Waals surface area contributed by atoms with Gasteiger partial charge in [-0.2, -0.15) is 17.0 Å². The van der Waals surface area contributed by atoms with Crippen LogP contribution in [0.4, 0.5) is 4.39 Å². The first-order chi connectivity index (χ1) is 19.9. The Morgan fingerprint density at radius 2 is 1.95 bits per heavy atom. The number of ether oxygens (including phenoxy) is 1. The lowest BCUT2D eigenvalue weighted by Gasteiger charge is -2.31. The number of likely N-dealkylation sites (tertiary alicyclic amines) is 1. The number of hydrogen-bond donors (Lipinski definition) is 1.